The SMILES string of the molecule is CC(SCl)(c1ccccc1)c1ccccc1. The Bertz CT molecular complexity index is 399. The van der Waals surface area contributed by atoms with Crippen LogP contribution in [-0.4, -0.2) is 0 Å². The molecule has 2 aromatic rings. The molecule has 2 heteroatoms. The zero-order valence-electron chi connectivity index (χ0n) is 9.06. The smallest absolute Gasteiger partial charge is 0.0622 e. The molecule has 0 radical (unpaired) electrons. The van der Waals surface area contributed by atoms with E-state index in [1.807, 2.05) is 36.4 Å². The van der Waals surface area contributed by atoms with Crippen LogP contribution in [0, 0.1) is 0 Å². The summed E-state index contributed by atoms with van der Waals surface area (Å²) in [4.78, 5) is 0. The summed E-state index contributed by atoms with van der Waals surface area (Å²) in [7, 11) is 7.45. The Balaban J connectivity index is 2.49. The van der Waals surface area contributed by atoms with Crippen LogP contribution in [0.15, 0.2) is 60.7 Å². The molecule has 0 aliphatic heterocycles. The molecule has 0 heterocycles. The van der Waals surface area contributed by atoms with Crippen molar-refractivity contribution in [2.45, 2.75) is 11.7 Å². The van der Waals surface area contributed by atoms with E-state index in [9.17, 15) is 0 Å². The van der Waals surface area contributed by atoms with Gasteiger partial charge in [-0.05, 0) is 39.7 Å². The van der Waals surface area contributed by atoms with Crippen molar-refractivity contribution in [1.82, 2.24) is 0 Å². The predicted molar refractivity (Wildman–Crippen MR) is 72.8 cm³/mol. The summed E-state index contributed by atoms with van der Waals surface area (Å²) in [6.45, 7) is 2.15. The second-order valence-corrected chi connectivity index (χ2v) is 5.28. The molecule has 0 nitrogen and oxygen atoms in total. The third-order valence-electron chi connectivity index (χ3n) is 2.80. The van der Waals surface area contributed by atoms with Gasteiger partial charge >= 0.3 is 0 Å². The minimum atomic E-state index is -0.190. The van der Waals surface area contributed by atoms with Gasteiger partial charge in [0.05, 0.1) is 4.75 Å². The lowest BCUT2D eigenvalue weighted by molar-refractivity contribution is 0.846. The Morgan fingerprint density at radius 1 is 0.812 bits per heavy atom. The average molecular weight is 249 g/mol. The van der Waals surface area contributed by atoms with Gasteiger partial charge in [0.1, 0.15) is 0 Å². The number of rotatable bonds is 3. The molecule has 0 aliphatic carbocycles. The zero-order valence-corrected chi connectivity index (χ0v) is 10.6. The first-order valence-electron chi connectivity index (χ1n) is 5.18. The summed E-state index contributed by atoms with van der Waals surface area (Å²) in [5.41, 5.74) is 2.45. The van der Waals surface area contributed by atoms with E-state index < -0.39 is 0 Å². The summed E-state index contributed by atoms with van der Waals surface area (Å²) in [6, 6.07) is 20.7. The third kappa shape index (κ3) is 2.11. The molecule has 2 rings (SSSR count). The largest absolute Gasteiger partial charge is 0.0780 e. The van der Waals surface area contributed by atoms with Gasteiger partial charge in [-0.25, -0.2) is 0 Å². The van der Waals surface area contributed by atoms with Crippen LogP contribution in [0.25, 0.3) is 0 Å². The molecule has 0 bridgehead atoms. The third-order valence-corrected chi connectivity index (χ3v) is 4.51. The molecule has 0 amide bonds. The maximum Gasteiger partial charge on any atom is 0.0780 e. The molecular weight excluding hydrogens is 236 g/mol. The van der Waals surface area contributed by atoms with Crippen LogP contribution in [0.2, 0.25) is 0 Å². The molecular formula is C14H13ClS. The normalized spacial score (nSPS) is 11.4. The minimum absolute atomic E-state index is 0.190. The van der Waals surface area contributed by atoms with Gasteiger partial charge in [0.2, 0.25) is 0 Å². The molecule has 82 valence electrons. The fourth-order valence-corrected chi connectivity index (χ4v) is 2.75. The zero-order chi connectivity index (χ0) is 11.4. The van der Waals surface area contributed by atoms with Gasteiger partial charge in [-0.1, -0.05) is 60.7 Å². The fourth-order valence-electron chi connectivity index (χ4n) is 1.77. The molecule has 0 saturated carbocycles. The molecule has 0 aromatic heterocycles. The van der Waals surface area contributed by atoms with Gasteiger partial charge in [0.25, 0.3) is 0 Å². The Kier molecular flexibility index (Phi) is 3.57. The lowest BCUT2D eigenvalue weighted by Gasteiger charge is -2.27. The molecule has 0 aliphatic rings. The fraction of sp³-hybridized carbons (Fsp3) is 0.143. The lowest BCUT2D eigenvalue weighted by atomic mass is 9.92. The highest BCUT2D eigenvalue weighted by Gasteiger charge is 2.28. The highest BCUT2D eigenvalue weighted by atomic mass is 35.7. The molecule has 0 saturated heterocycles. The minimum Gasteiger partial charge on any atom is -0.0622 e. The van der Waals surface area contributed by atoms with Crippen molar-refractivity contribution < 1.29 is 0 Å². The Hall–Kier alpha value is -0.920. The van der Waals surface area contributed by atoms with E-state index in [1.165, 1.54) is 22.1 Å². The van der Waals surface area contributed by atoms with Crippen molar-refractivity contribution in [3.8, 4) is 0 Å². The van der Waals surface area contributed by atoms with E-state index in [0.29, 0.717) is 0 Å². The van der Waals surface area contributed by atoms with Crippen LogP contribution in [0.4, 0.5) is 0 Å². The monoisotopic (exact) mass is 248 g/mol. The molecule has 0 fully saturated rings. The Morgan fingerprint density at radius 2 is 1.19 bits per heavy atom. The first kappa shape index (κ1) is 11.6. The topological polar surface area (TPSA) is 0 Å². The van der Waals surface area contributed by atoms with E-state index in [2.05, 4.69) is 31.2 Å². The average Bonchev–Trinajstić information content (AvgIpc) is 2.40. The van der Waals surface area contributed by atoms with Gasteiger partial charge in [-0.3, -0.25) is 0 Å². The van der Waals surface area contributed by atoms with Crippen molar-refractivity contribution in [3.05, 3.63) is 71.8 Å². The Labute approximate surface area is 105 Å². The summed E-state index contributed by atoms with van der Waals surface area (Å²) in [6.07, 6.45) is 0. The standard InChI is InChI=1S/C14H13ClS/c1-14(16-15,12-8-4-2-5-9-12)13-10-6-3-7-11-13/h2-11H,1H3. The highest BCUT2D eigenvalue weighted by molar-refractivity contribution is 8.21. The Morgan fingerprint density at radius 3 is 1.50 bits per heavy atom. The number of hydrogen-bond acceptors (Lipinski definition) is 1. The molecule has 0 N–H and O–H groups in total. The van der Waals surface area contributed by atoms with Crippen molar-refractivity contribution >= 4 is 21.7 Å². The van der Waals surface area contributed by atoms with E-state index >= 15 is 0 Å². The second-order valence-electron chi connectivity index (χ2n) is 3.84. The molecule has 0 spiro atoms. The lowest BCUT2D eigenvalue weighted by Crippen LogP contribution is -2.17. The summed E-state index contributed by atoms with van der Waals surface area (Å²) in [5, 5.41) is 0. The van der Waals surface area contributed by atoms with E-state index in [0.717, 1.165) is 0 Å². The second kappa shape index (κ2) is 4.94. The summed E-state index contributed by atoms with van der Waals surface area (Å²) >= 11 is 0. The quantitative estimate of drug-likeness (QED) is 0.749. The van der Waals surface area contributed by atoms with Gasteiger partial charge in [-0.2, -0.15) is 0 Å². The van der Waals surface area contributed by atoms with Crippen molar-refractivity contribution in [2.75, 3.05) is 0 Å². The summed E-state index contributed by atoms with van der Waals surface area (Å²) in [5.74, 6) is 0. The summed E-state index contributed by atoms with van der Waals surface area (Å²) < 4.78 is -0.190. The van der Waals surface area contributed by atoms with Crippen LogP contribution in [0.3, 0.4) is 0 Å². The van der Waals surface area contributed by atoms with Gasteiger partial charge in [0, 0.05) is 0 Å². The van der Waals surface area contributed by atoms with Crippen LogP contribution in [0.5, 0.6) is 0 Å². The van der Waals surface area contributed by atoms with Crippen LogP contribution in [0.1, 0.15) is 18.1 Å². The number of halogens is 1. The molecule has 0 atom stereocenters. The first-order chi connectivity index (χ1) is 7.77. The van der Waals surface area contributed by atoms with Crippen molar-refractivity contribution in [2.24, 2.45) is 0 Å². The molecule has 0 unspecified atom stereocenters. The van der Waals surface area contributed by atoms with Gasteiger partial charge < -0.3 is 0 Å². The number of benzene rings is 2. The number of hydrogen-bond donors (Lipinski definition) is 0. The van der Waals surface area contributed by atoms with Crippen LogP contribution < -0.4 is 0 Å². The highest BCUT2D eigenvalue weighted by Crippen LogP contribution is 2.44. The first-order valence-corrected chi connectivity index (χ1v) is 6.82. The maximum atomic E-state index is 6.09. The maximum absolute atomic E-state index is 6.09. The van der Waals surface area contributed by atoms with E-state index in [-0.39, 0.29) is 4.75 Å². The van der Waals surface area contributed by atoms with Crippen LogP contribution in [-0.2, 0) is 4.75 Å². The van der Waals surface area contributed by atoms with E-state index in [4.69, 9.17) is 10.7 Å². The van der Waals surface area contributed by atoms with Crippen molar-refractivity contribution in [3.63, 3.8) is 0 Å². The molecule has 2 aromatic carbocycles. The molecule has 16 heavy (non-hydrogen) atoms. The van der Waals surface area contributed by atoms with Gasteiger partial charge in [0.15, 0.2) is 0 Å². The van der Waals surface area contributed by atoms with E-state index in [1.54, 1.807) is 0 Å². The van der Waals surface area contributed by atoms with Crippen molar-refractivity contribution in [1.29, 1.82) is 0 Å². The van der Waals surface area contributed by atoms with Gasteiger partial charge in [-0.15, -0.1) is 0 Å². The van der Waals surface area contributed by atoms with Crippen LogP contribution >= 0.6 is 21.7 Å². The predicted octanol–water partition coefficient (Wildman–Crippen LogP) is 4.84.